The first kappa shape index (κ1) is 8.20. The van der Waals surface area contributed by atoms with Gasteiger partial charge in [-0.05, 0) is 25.0 Å². The number of aliphatic hydroxyl groups excluding tert-OH is 1. The standard InChI is InChI=1S/C9H10BrNO/c10-7-1-4-11-8(5-7)9(6-12)2-3-9/h1,4-5,12H,2-3,6H2. The van der Waals surface area contributed by atoms with Gasteiger partial charge >= 0.3 is 0 Å². The summed E-state index contributed by atoms with van der Waals surface area (Å²) in [7, 11) is 0. The molecular formula is C9H10BrNO. The second kappa shape index (κ2) is 2.82. The predicted molar refractivity (Wildman–Crippen MR) is 49.9 cm³/mol. The first-order chi connectivity index (χ1) is 5.77. The van der Waals surface area contributed by atoms with Crippen LogP contribution < -0.4 is 0 Å². The van der Waals surface area contributed by atoms with Crippen LogP contribution in [0.25, 0.3) is 0 Å². The van der Waals surface area contributed by atoms with Crippen LogP contribution in [0, 0.1) is 0 Å². The number of nitrogens with zero attached hydrogens (tertiary/aromatic N) is 1. The highest BCUT2D eigenvalue weighted by Crippen LogP contribution is 2.46. The number of aromatic nitrogens is 1. The van der Waals surface area contributed by atoms with E-state index in [2.05, 4.69) is 20.9 Å². The molecule has 0 atom stereocenters. The summed E-state index contributed by atoms with van der Waals surface area (Å²) in [6.45, 7) is 0.219. The maximum absolute atomic E-state index is 9.15. The van der Waals surface area contributed by atoms with Gasteiger partial charge in [0.05, 0.1) is 6.61 Å². The minimum Gasteiger partial charge on any atom is -0.395 e. The van der Waals surface area contributed by atoms with Crippen LogP contribution in [-0.4, -0.2) is 16.7 Å². The zero-order chi connectivity index (χ0) is 8.60. The number of halogens is 1. The van der Waals surface area contributed by atoms with E-state index in [-0.39, 0.29) is 12.0 Å². The average Bonchev–Trinajstić information content (AvgIpc) is 2.84. The number of pyridine rings is 1. The summed E-state index contributed by atoms with van der Waals surface area (Å²) in [6, 6.07) is 3.89. The van der Waals surface area contributed by atoms with Gasteiger partial charge in [-0.15, -0.1) is 0 Å². The third-order valence-electron chi connectivity index (χ3n) is 2.42. The Kier molecular flexibility index (Phi) is 1.93. The van der Waals surface area contributed by atoms with Gasteiger partial charge in [0.25, 0.3) is 0 Å². The first-order valence-corrected chi connectivity index (χ1v) is 4.79. The van der Waals surface area contributed by atoms with Gasteiger partial charge in [-0.1, -0.05) is 15.9 Å². The fraction of sp³-hybridized carbons (Fsp3) is 0.444. The van der Waals surface area contributed by atoms with Gasteiger partial charge in [-0.2, -0.15) is 0 Å². The fourth-order valence-electron chi connectivity index (χ4n) is 1.34. The molecule has 0 radical (unpaired) electrons. The van der Waals surface area contributed by atoms with E-state index in [1.807, 2.05) is 12.1 Å². The zero-order valence-electron chi connectivity index (χ0n) is 6.63. The summed E-state index contributed by atoms with van der Waals surface area (Å²) in [6.07, 6.45) is 3.90. The summed E-state index contributed by atoms with van der Waals surface area (Å²) >= 11 is 3.39. The molecule has 0 bridgehead atoms. The molecule has 0 spiro atoms. The molecule has 2 rings (SSSR count). The normalized spacial score (nSPS) is 19.2. The molecule has 1 N–H and O–H groups in total. The SMILES string of the molecule is OCC1(c2cc(Br)ccn2)CC1. The molecule has 0 saturated heterocycles. The van der Waals surface area contributed by atoms with Crippen LogP contribution in [0.2, 0.25) is 0 Å². The quantitative estimate of drug-likeness (QED) is 0.838. The van der Waals surface area contributed by atoms with Crippen molar-refractivity contribution in [2.24, 2.45) is 0 Å². The Balaban J connectivity index is 2.34. The van der Waals surface area contributed by atoms with E-state index in [9.17, 15) is 0 Å². The minimum atomic E-state index is -0.0101. The lowest BCUT2D eigenvalue weighted by Crippen LogP contribution is -2.13. The van der Waals surface area contributed by atoms with Crippen LogP contribution in [0.3, 0.4) is 0 Å². The van der Waals surface area contributed by atoms with Crippen LogP contribution in [0.1, 0.15) is 18.5 Å². The van der Waals surface area contributed by atoms with Gasteiger partial charge in [-0.3, -0.25) is 4.98 Å². The Morgan fingerprint density at radius 1 is 1.58 bits per heavy atom. The molecule has 64 valence electrons. The monoisotopic (exact) mass is 227 g/mol. The van der Waals surface area contributed by atoms with Crippen molar-refractivity contribution in [3.8, 4) is 0 Å². The Morgan fingerprint density at radius 3 is 2.83 bits per heavy atom. The van der Waals surface area contributed by atoms with Crippen LogP contribution >= 0.6 is 15.9 Å². The van der Waals surface area contributed by atoms with Crippen molar-refractivity contribution in [1.82, 2.24) is 4.98 Å². The highest BCUT2D eigenvalue weighted by atomic mass is 79.9. The molecule has 1 aromatic rings. The van der Waals surface area contributed by atoms with Crippen molar-refractivity contribution in [3.63, 3.8) is 0 Å². The molecule has 0 unspecified atom stereocenters. The third kappa shape index (κ3) is 1.27. The topological polar surface area (TPSA) is 33.1 Å². The van der Waals surface area contributed by atoms with E-state index < -0.39 is 0 Å². The molecule has 0 aliphatic heterocycles. The lowest BCUT2D eigenvalue weighted by atomic mass is 10.0. The molecule has 1 aliphatic rings. The summed E-state index contributed by atoms with van der Waals surface area (Å²) < 4.78 is 1.03. The fourth-order valence-corrected chi connectivity index (χ4v) is 1.68. The second-order valence-electron chi connectivity index (χ2n) is 3.30. The molecule has 0 amide bonds. The van der Waals surface area contributed by atoms with Crippen molar-refractivity contribution in [2.75, 3.05) is 6.61 Å². The summed E-state index contributed by atoms with van der Waals surface area (Å²) in [5, 5.41) is 9.15. The maximum atomic E-state index is 9.15. The highest BCUT2D eigenvalue weighted by molar-refractivity contribution is 9.10. The van der Waals surface area contributed by atoms with E-state index in [1.54, 1.807) is 6.20 Å². The Morgan fingerprint density at radius 2 is 2.33 bits per heavy atom. The Bertz CT molecular complexity index is 296. The molecule has 2 nitrogen and oxygen atoms in total. The molecule has 0 aromatic carbocycles. The maximum Gasteiger partial charge on any atom is 0.0543 e. The van der Waals surface area contributed by atoms with Crippen molar-refractivity contribution < 1.29 is 5.11 Å². The van der Waals surface area contributed by atoms with Gasteiger partial charge < -0.3 is 5.11 Å². The van der Waals surface area contributed by atoms with E-state index in [0.717, 1.165) is 23.0 Å². The highest BCUT2D eigenvalue weighted by Gasteiger charge is 2.44. The van der Waals surface area contributed by atoms with Crippen LogP contribution in [-0.2, 0) is 5.41 Å². The molecule has 1 aromatic heterocycles. The molecular weight excluding hydrogens is 218 g/mol. The Labute approximate surface area is 79.8 Å². The van der Waals surface area contributed by atoms with Crippen molar-refractivity contribution in [1.29, 1.82) is 0 Å². The average molecular weight is 228 g/mol. The summed E-state index contributed by atoms with van der Waals surface area (Å²) in [5.74, 6) is 0. The van der Waals surface area contributed by atoms with Gasteiger partial charge in [0, 0.05) is 21.8 Å². The first-order valence-electron chi connectivity index (χ1n) is 4.00. The van der Waals surface area contributed by atoms with Crippen molar-refractivity contribution >= 4 is 15.9 Å². The lowest BCUT2D eigenvalue weighted by Gasteiger charge is -2.10. The zero-order valence-corrected chi connectivity index (χ0v) is 8.21. The third-order valence-corrected chi connectivity index (χ3v) is 2.91. The van der Waals surface area contributed by atoms with Crippen molar-refractivity contribution in [2.45, 2.75) is 18.3 Å². The molecule has 1 saturated carbocycles. The van der Waals surface area contributed by atoms with Crippen LogP contribution in [0.15, 0.2) is 22.8 Å². The lowest BCUT2D eigenvalue weighted by molar-refractivity contribution is 0.252. The second-order valence-corrected chi connectivity index (χ2v) is 4.21. The van der Waals surface area contributed by atoms with Crippen LogP contribution in [0.4, 0.5) is 0 Å². The molecule has 1 heterocycles. The molecule has 3 heteroatoms. The molecule has 12 heavy (non-hydrogen) atoms. The number of aliphatic hydroxyl groups is 1. The minimum absolute atomic E-state index is 0.0101. The largest absolute Gasteiger partial charge is 0.395 e. The summed E-state index contributed by atoms with van der Waals surface area (Å²) in [4.78, 5) is 4.25. The summed E-state index contributed by atoms with van der Waals surface area (Å²) in [5.41, 5.74) is 1.00. The van der Waals surface area contributed by atoms with E-state index in [0.29, 0.717) is 0 Å². The Hall–Kier alpha value is -0.410. The van der Waals surface area contributed by atoms with Gasteiger partial charge in [0.2, 0.25) is 0 Å². The number of rotatable bonds is 2. The van der Waals surface area contributed by atoms with Gasteiger partial charge in [0.1, 0.15) is 0 Å². The number of hydrogen-bond acceptors (Lipinski definition) is 2. The van der Waals surface area contributed by atoms with Gasteiger partial charge in [0.15, 0.2) is 0 Å². The van der Waals surface area contributed by atoms with Crippen LogP contribution in [0.5, 0.6) is 0 Å². The number of hydrogen-bond donors (Lipinski definition) is 1. The smallest absolute Gasteiger partial charge is 0.0543 e. The molecule has 1 fully saturated rings. The molecule has 1 aliphatic carbocycles. The van der Waals surface area contributed by atoms with E-state index in [4.69, 9.17) is 5.11 Å². The van der Waals surface area contributed by atoms with Gasteiger partial charge in [-0.25, -0.2) is 0 Å². The van der Waals surface area contributed by atoms with E-state index >= 15 is 0 Å². The van der Waals surface area contributed by atoms with E-state index in [1.165, 1.54) is 0 Å². The van der Waals surface area contributed by atoms with Crippen molar-refractivity contribution in [3.05, 3.63) is 28.5 Å². The predicted octanol–water partition coefficient (Wildman–Crippen LogP) is 1.87.